The number of hydrogen-bond acceptors (Lipinski definition) is 3. The standard InChI is InChI=1S/C14H19ClN2O2/c1-9-7-10(15)3-4-11(9)14-12(16)8-13(18)17(14)5-6-19-2/h3-4,7,12,14H,5-6,8,16H2,1-2H3. The Hall–Kier alpha value is -1.10. The van der Waals surface area contributed by atoms with Gasteiger partial charge in [0.05, 0.1) is 12.6 Å². The van der Waals surface area contributed by atoms with E-state index in [1.54, 1.807) is 7.11 Å². The zero-order valence-electron chi connectivity index (χ0n) is 11.2. The van der Waals surface area contributed by atoms with Gasteiger partial charge < -0.3 is 15.4 Å². The molecule has 0 saturated carbocycles. The molecule has 1 aromatic carbocycles. The molecule has 1 heterocycles. The number of aryl methyl sites for hydroxylation is 1. The number of halogens is 1. The SMILES string of the molecule is COCCN1C(=O)CC(N)C1c1ccc(Cl)cc1C. The first-order valence-corrected chi connectivity index (χ1v) is 6.72. The van der Waals surface area contributed by atoms with Crippen molar-refractivity contribution in [2.75, 3.05) is 20.3 Å². The zero-order valence-corrected chi connectivity index (χ0v) is 12.0. The lowest BCUT2D eigenvalue weighted by atomic mass is 9.96. The number of rotatable bonds is 4. The second kappa shape index (κ2) is 5.90. The molecular weight excluding hydrogens is 264 g/mol. The minimum Gasteiger partial charge on any atom is -0.383 e. The molecule has 5 heteroatoms. The molecule has 1 aromatic rings. The summed E-state index contributed by atoms with van der Waals surface area (Å²) in [4.78, 5) is 13.8. The maximum atomic E-state index is 12.0. The van der Waals surface area contributed by atoms with Gasteiger partial charge in [-0.25, -0.2) is 0 Å². The minimum absolute atomic E-state index is 0.0834. The third-order valence-corrected chi connectivity index (χ3v) is 3.79. The summed E-state index contributed by atoms with van der Waals surface area (Å²) in [6.45, 7) is 3.07. The number of carbonyl (C=O) groups excluding carboxylic acids is 1. The molecule has 2 unspecified atom stereocenters. The molecule has 2 rings (SSSR count). The molecule has 4 nitrogen and oxygen atoms in total. The largest absolute Gasteiger partial charge is 0.383 e. The van der Waals surface area contributed by atoms with Crippen molar-refractivity contribution < 1.29 is 9.53 Å². The molecule has 1 fully saturated rings. The summed E-state index contributed by atoms with van der Waals surface area (Å²) < 4.78 is 5.07. The molecule has 19 heavy (non-hydrogen) atoms. The predicted octanol–water partition coefficient (Wildman–Crippen LogP) is 1.90. The van der Waals surface area contributed by atoms with E-state index in [2.05, 4.69) is 0 Å². The second-order valence-electron chi connectivity index (χ2n) is 4.89. The van der Waals surface area contributed by atoms with E-state index in [9.17, 15) is 4.79 Å². The quantitative estimate of drug-likeness (QED) is 0.918. The van der Waals surface area contributed by atoms with Crippen molar-refractivity contribution in [2.45, 2.75) is 25.4 Å². The van der Waals surface area contributed by atoms with Gasteiger partial charge in [-0.2, -0.15) is 0 Å². The van der Waals surface area contributed by atoms with Gasteiger partial charge in [-0.3, -0.25) is 4.79 Å². The monoisotopic (exact) mass is 282 g/mol. The summed E-state index contributed by atoms with van der Waals surface area (Å²) >= 11 is 5.98. The van der Waals surface area contributed by atoms with Crippen LogP contribution in [0.4, 0.5) is 0 Å². The van der Waals surface area contributed by atoms with Crippen LogP contribution in [0.5, 0.6) is 0 Å². The van der Waals surface area contributed by atoms with Crippen molar-refractivity contribution >= 4 is 17.5 Å². The highest BCUT2D eigenvalue weighted by molar-refractivity contribution is 6.30. The van der Waals surface area contributed by atoms with Crippen molar-refractivity contribution in [2.24, 2.45) is 5.73 Å². The summed E-state index contributed by atoms with van der Waals surface area (Å²) in [5.41, 5.74) is 8.26. The number of methoxy groups -OCH3 is 1. The van der Waals surface area contributed by atoms with Gasteiger partial charge in [-0.1, -0.05) is 17.7 Å². The molecular formula is C14H19ClN2O2. The Morgan fingerprint density at radius 2 is 2.26 bits per heavy atom. The van der Waals surface area contributed by atoms with E-state index in [0.29, 0.717) is 24.6 Å². The highest BCUT2D eigenvalue weighted by Crippen LogP contribution is 2.34. The Balaban J connectivity index is 2.31. The highest BCUT2D eigenvalue weighted by atomic mass is 35.5. The van der Waals surface area contributed by atoms with Crippen molar-refractivity contribution in [1.29, 1.82) is 0 Å². The van der Waals surface area contributed by atoms with Gasteiger partial charge in [0.25, 0.3) is 0 Å². The fourth-order valence-electron chi connectivity index (χ4n) is 2.64. The van der Waals surface area contributed by atoms with Crippen LogP contribution in [0.1, 0.15) is 23.6 Å². The predicted molar refractivity (Wildman–Crippen MR) is 75.1 cm³/mol. The van der Waals surface area contributed by atoms with Crippen molar-refractivity contribution in [3.05, 3.63) is 34.3 Å². The fraction of sp³-hybridized carbons (Fsp3) is 0.500. The molecule has 1 aliphatic heterocycles. The van der Waals surface area contributed by atoms with Crippen LogP contribution in [0.25, 0.3) is 0 Å². The van der Waals surface area contributed by atoms with Crippen molar-refractivity contribution in [1.82, 2.24) is 4.90 Å². The molecule has 1 saturated heterocycles. The molecule has 0 aliphatic carbocycles. The van der Waals surface area contributed by atoms with E-state index in [1.807, 2.05) is 30.0 Å². The van der Waals surface area contributed by atoms with Crippen LogP contribution < -0.4 is 5.73 Å². The third-order valence-electron chi connectivity index (χ3n) is 3.56. The van der Waals surface area contributed by atoms with Crippen LogP contribution >= 0.6 is 11.6 Å². The number of hydrogen-bond donors (Lipinski definition) is 1. The maximum absolute atomic E-state index is 12.0. The van der Waals surface area contributed by atoms with E-state index in [4.69, 9.17) is 22.1 Å². The Bertz CT molecular complexity index is 479. The number of nitrogens with two attached hydrogens (primary N) is 1. The van der Waals surface area contributed by atoms with E-state index in [0.717, 1.165) is 11.1 Å². The molecule has 0 radical (unpaired) electrons. The van der Waals surface area contributed by atoms with Crippen LogP contribution in [0.2, 0.25) is 5.02 Å². The summed E-state index contributed by atoms with van der Waals surface area (Å²) in [5.74, 6) is 0.0869. The van der Waals surface area contributed by atoms with Crippen LogP contribution in [0.15, 0.2) is 18.2 Å². The molecule has 0 bridgehead atoms. The minimum atomic E-state index is -0.177. The number of nitrogens with zero attached hydrogens (tertiary/aromatic N) is 1. The molecule has 2 atom stereocenters. The first kappa shape index (κ1) is 14.3. The Morgan fingerprint density at radius 1 is 1.53 bits per heavy atom. The van der Waals surface area contributed by atoms with Gasteiger partial charge in [-0.05, 0) is 30.2 Å². The zero-order chi connectivity index (χ0) is 14.0. The average molecular weight is 283 g/mol. The first-order chi connectivity index (χ1) is 9.04. The molecule has 0 aromatic heterocycles. The van der Waals surface area contributed by atoms with Gasteiger partial charge in [0.2, 0.25) is 5.91 Å². The summed E-state index contributed by atoms with van der Waals surface area (Å²) in [5, 5.41) is 0.697. The number of carbonyl (C=O) groups is 1. The van der Waals surface area contributed by atoms with E-state index in [1.165, 1.54) is 0 Å². The smallest absolute Gasteiger partial charge is 0.224 e. The van der Waals surface area contributed by atoms with Gasteiger partial charge in [-0.15, -0.1) is 0 Å². The maximum Gasteiger partial charge on any atom is 0.224 e. The van der Waals surface area contributed by atoms with Crippen LogP contribution in [0.3, 0.4) is 0 Å². The van der Waals surface area contributed by atoms with Gasteiger partial charge in [0.1, 0.15) is 0 Å². The lowest BCUT2D eigenvalue weighted by molar-refractivity contribution is -0.129. The van der Waals surface area contributed by atoms with Crippen molar-refractivity contribution in [3.63, 3.8) is 0 Å². The Morgan fingerprint density at radius 3 is 2.89 bits per heavy atom. The van der Waals surface area contributed by atoms with Crippen LogP contribution in [-0.2, 0) is 9.53 Å². The average Bonchev–Trinajstić information content (AvgIpc) is 2.62. The van der Waals surface area contributed by atoms with E-state index < -0.39 is 0 Å². The molecule has 1 aliphatic rings. The van der Waals surface area contributed by atoms with E-state index in [-0.39, 0.29) is 18.0 Å². The third kappa shape index (κ3) is 2.91. The van der Waals surface area contributed by atoms with Crippen LogP contribution in [0, 0.1) is 6.92 Å². The summed E-state index contributed by atoms with van der Waals surface area (Å²) in [6.07, 6.45) is 0.385. The number of likely N-dealkylation sites (tertiary alicyclic amines) is 1. The number of amides is 1. The molecule has 1 amide bonds. The number of benzene rings is 1. The number of ether oxygens (including phenoxy) is 1. The van der Waals surface area contributed by atoms with Gasteiger partial charge >= 0.3 is 0 Å². The highest BCUT2D eigenvalue weighted by Gasteiger charge is 2.38. The fourth-order valence-corrected chi connectivity index (χ4v) is 2.87. The molecule has 0 spiro atoms. The Kier molecular flexibility index (Phi) is 4.45. The second-order valence-corrected chi connectivity index (χ2v) is 5.33. The summed E-state index contributed by atoms with van der Waals surface area (Å²) in [6, 6.07) is 5.44. The summed E-state index contributed by atoms with van der Waals surface area (Å²) in [7, 11) is 1.63. The van der Waals surface area contributed by atoms with Gasteiger partial charge in [0.15, 0.2) is 0 Å². The Labute approximate surface area is 118 Å². The van der Waals surface area contributed by atoms with Gasteiger partial charge in [0, 0.05) is 31.1 Å². The molecule has 104 valence electrons. The normalized spacial score (nSPS) is 23.2. The topological polar surface area (TPSA) is 55.6 Å². The first-order valence-electron chi connectivity index (χ1n) is 6.34. The van der Waals surface area contributed by atoms with E-state index >= 15 is 0 Å². The van der Waals surface area contributed by atoms with Crippen LogP contribution in [-0.4, -0.2) is 37.1 Å². The molecule has 2 N–H and O–H groups in total. The lowest BCUT2D eigenvalue weighted by Crippen LogP contribution is -2.35. The van der Waals surface area contributed by atoms with Crippen molar-refractivity contribution in [3.8, 4) is 0 Å². The lowest BCUT2D eigenvalue weighted by Gasteiger charge is -2.28.